The minimum absolute atomic E-state index is 0.688. The first-order valence-electron chi connectivity index (χ1n) is 3.90. The van der Waals surface area contributed by atoms with E-state index in [1.54, 1.807) is 7.11 Å². The maximum Gasteiger partial charge on any atom is 0.160 e. The molecule has 0 fully saturated rings. The smallest absolute Gasteiger partial charge is 0.160 e. The molecule has 0 aliphatic carbocycles. The van der Waals surface area contributed by atoms with Crippen molar-refractivity contribution in [1.29, 1.82) is 0 Å². The molecule has 66 valence electrons. The molecule has 0 saturated carbocycles. The molecule has 0 spiro atoms. The van der Waals surface area contributed by atoms with Crippen LogP contribution < -0.4 is 5.48 Å². The molecule has 0 aliphatic rings. The minimum atomic E-state index is 0.688. The van der Waals surface area contributed by atoms with Crippen LogP contribution in [0.3, 0.4) is 0 Å². The number of hydrogen-bond acceptors (Lipinski definition) is 4. The summed E-state index contributed by atoms with van der Waals surface area (Å²) in [6, 6.07) is 7.74. The third kappa shape index (κ3) is 1.43. The van der Waals surface area contributed by atoms with E-state index in [4.69, 9.17) is 4.84 Å². The van der Waals surface area contributed by atoms with E-state index in [-0.39, 0.29) is 0 Å². The van der Waals surface area contributed by atoms with Crippen LogP contribution in [-0.2, 0) is 4.84 Å². The number of nitrogens with zero attached hydrogens (tertiary/aromatic N) is 2. The number of para-hydroxylation sites is 1. The minimum Gasteiger partial charge on any atom is -0.278 e. The van der Waals surface area contributed by atoms with Gasteiger partial charge in [-0.25, -0.2) is 15.4 Å². The fourth-order valence-electron chi connectivity index (χ4n) is 1.18. The summed E-state index contributed by atoms with van der Waals surface area (Å²) in [7, 11) is 1.55. The first kappa shape index (κ1) is 7.94. The highest BCUT2D eigenvalue weighted by Crippen LogP contribution is 2.17. The fourth-order valence-corrected chi connectivity index (χ4v) is 1.18. The number of benzene rings is 1. The number of rotatable bonds is 2. The predicted octanol–water partition coefficient (Wildman–Crippen LogP) is 1.60. The quantitative estimate of drug-likeness (QED) is 0.704. The highest BCUT2D eigenvalue weighted by molar-refractivity contribution is 5.88. The van der Waals surface area contributed by atoms with Crippen LogP contribution in [0, 0.1) is 0 Å². The summed E-state index contributed by atoms with van der Waals surface area (Å²) in [5.41, 5.74) is 3.60. The maximum absolute atomic E-state index is 4.80. The van der Waals surface area contributed by atoms with Crippen LogP contribution in [0.2, 0.25) is 0 Å². The SMILES string of the molecule is CONc1ncnc2ccccc12. The molecule has 0 amide bonds. The van der Waals surface area contributed by atoms with Gasteiger partial charge in [-0.1, -0.05) is 12.1 Å². The Kier molecular flexibility index (Phi) is 2.06. The van der Waals surface area contributed by atoms with Crippen LogP contribution >= 0.6 is 0 Å². The molecule has 0 radical (unpaired) electrons. The van der Waals surface area contributed by atoms with Crippen molar-refractivity contribution in [2.24, 2.45) is 0 Å². The van der Waals surface area contributed by atoms with Crippen molar-refractivity contribution >= 4 is 16.7 Å². The van der Waals surface area contributed by atoms with Crippen molar-refractivity contribution in [3.63, 3.8) is 0 Å². The van der Waals surface area contributed by atoms with E-state index >= 15 is 0 Å². The predicted molar refractivity (Wildman–Crippen MR) is 50.2 cm³/mol. The second kappa shape index (κ2) is 3.37. The molecule has 4 heteroatoms. The van der Waals surface area contributed by atoms with E-state index in [9.17, 15) is 0 Å². The number of anilines is 1. The molecule has 0 saturated heterocycles. The van der Waals surface area contributed by atoms with Crippen LogP contribution in [-0.4, -0.2) is 17.1 Å². The van der Waals surface area contributed by atoms with Gasteiger partial charge in [0.15, 0.2) is 5.82 Å². The van der Waals surface area contributed by atoms with E-state index in [1.807, 2.05) is 24.3 Å². The fraction of sp³-hybridized carbons (Fsp3) is 0.111. The second-order valence-electron chi connectivity index (χ2n) is 2.55. The van der Waals surface area contributed by atoms with Crippen molar-refractivity contribution in [1.82, 2.24) is 9.97 Å². The molecular weight excluding hydrogens is 166 g/mol. The van der Waals surface area contributed by atoms with Crippen molar-refractivity contribution < 1.29 is 4.84 Å². The van der Waals surface area contributed by atoms with Crippen molar-refractivity contribution in [3.8, 4) is 0 Å². The van der Waals surface area contributed by atoms with Crippen molar-refractivity contribution in [2.75, 3.05) is 12.6 Å². The highest BCUT2D eigenvalue weighted by Gasteiger charge is 2.00. The Hall–Kier alpha value is -1.68. The number of fused-ring (bicyclic) bond motifs is 1. The maximum atomic E-state index is 4.80. The van der Waals surface area contributed by atoms with Gasteiger partial charge in [-0.05, 0) is 12.1 Å². The monoisotopic (exact) mass is 175 g/mol. The van der Waals surface area contributed by atoms with Gasteiger partial charge in [-0.2, -0.15) is 0 Å². The lowest BCUT2D eigenvalue weighted by Crippen LogP contribution is -1.99. The van der Waals surface area contributed by atoms with Gasteiger partial charge in [0.25, 0.3) is 0 Å². The van der Waals surface area contributed by atoms with Crippen LogP contribution in [0.25, 0.3) is 10.9 Å². The Morgan fingerprint density at radius 3 is 2.92 bits per heavy atom. The normalized spacial score (nSPS) is 10.2. The molecule has 0 aliphatic heterocycles. The lowest BCUT2D eigenvalue weighted by atomic mass is 10.2. The Balaban J connectivity index is 2.61. The van der Waals surface area contributed by atoms with Gasteiger partial charge in [0, 0.05) is 5.39 Å². The van der Waals surface area contributed by atoms with Gasteiger partial charge in [0.05, 0.1) is 12.6 Å². The summed E-state index contributed by atoms with van der Waals surface area (Å²) in [4.78, 5) is 13.0. The third-order valence-electron chi connectivity index (χ3n) is 1.74. The van der Waals surface area contributed by atoms with E-state index in [1.165, 1.54) is 6.33 Å². The summed E-state index contributed by atoms with van der Waals surface area (Å²) in [5.74, 6) is 0.688. The van der Waals surface area contributed by atoms with Gasteiger partial charge in [-0.15, -0.1) is 0 Å². The largest absolute Gasteiger partial charge is 0.278 e. The zero-order valence-electron chi connectivity index (χ0n) is 7.19. The molecule has 1 N–H and O–H groups in total. The average molecular weight is 175 g/mol. The Morgan fingerprint density at radius 2 is 2.08 bits per heavy atom. The van der Waals surface area contributed by atoms with E-state index in [2.05, 4.69) is 15.4 Å². The molecule has 0 bridgehead atoms. The van der Waals surface area contributed by atoms with E-state index in [0.717, 1.165) is 10.9 Å². The summed E-state index contributed by atoms with van der Waals surface area (Å²) in [5, 5.41) is 0.951. The summed E-state index contributed by atoms with van der Waals surface area (Å²) >= 11 is 0. The van der Waals surface area contributed by atoms with Crippen LogP contribution in [0.1, 0.15) is 0 Å². The van der Waals surface area contributed by atoms with Crippen molar-refractivity contribution in [2.45, 2.75) is 0 Å². The first-order chi connectivity index (χ1) is 6.42. The van der Waals surface area contributed by atoms with Gasteiger partial charge in [0.1, 0.15) is 6.33 Å². The molecule has 1 aromatic carbocycles. The molecular formula is C9H9N3O. The Morgan fingerprint density at radius 1 is 1.23 bits per heavy atom. The summed E-state index contributed by atoms with van der Waals surface area (Å²) in [6.07, 6.45) is 1.50. The molecule has 2 rings (SSSR count). The standard InChI is InChI=1S/C9H9N3O/c1-13-12-9-7-4-2-3-5-8(7)10-6-11-9/h2-6H,1H3,(H,10,11,12). The van der Waals surface area contributed by atoms with Crippen molar-refractivity contribution in [3.05, 3.63) is 30.6 Å². The lowest BCUT2D eigenvalue weighted by Gasteiger charge is -2.04. The second-order valence-corrected chi connectivity index (χ2v) is 2.55. The molecule has 4 nitrogen and oxygen atoms in total. The molecule has 1 heterocycles. The molecule has 2 aromatic rings. The topological polar surface area (TPSA) is 47.0 Å². The van der Waals surface area contributed by atoms with Gasteiger partial charge in [0.2, 0.25) is 0 Å². The van der Waals surface area contributed by atoms with Gasteiger partial charge >= 0.3 is 0 Å². The van der Waals surface area contributed by atoms with Crippen LogP contribution in [0.5, 0.6) is 0 Å². The van der Waals surface area contributed by atoms with Crippen LogP contribution in [0.15, 0.2) is 30.6 Å². The number of aromatic nitrogens is 2. The molecule has 13 heavy (non-hydrogen) atoms. The first-order valence-corrected chi connectivity index (χ1v) is 3.90. The zero-order chi connectivity index (χ0) is 9.10. The third-order valence-corrected chi connectivity index (χ3v) is 1.74. The van der Waals surface area contributed by atoms with Gasteiger partial charge < -0.3 is 0 Å². The Labute approximate surface area is 75.5 Å². The van der Waals surface area contributed by atoms with E-state index in [0.29, 0.717) is 5.82 Å². The number of nitrogens with one attached hydrogen (secondary N) is 1. The van der Waals surface area contributed by atoms with Crippen LogP contribution in [0.4, 0.5) is 5.82 Å². The van der Waals surface area contributed by atoms with E-state index < -0.39 is 0 Å². The van der Waals surface area contributed by atoms with Gasteiger partial charge in [-0.3, -0.25) is 4.84 Å². The summed E-state index contributed by atoms with van der Waals surface area (Å²) < 4.78 is 0. The zero-order valence-corrected chi connectivity index (χ0v) is 7.19. The molecule has 0 atom stereocenters. The molecule has 1 aromatic heterocycles. The lowest BCUT2D eigenvalue weighted by molar-refractivity contribution is 0.269. The highest BCUT2D eigenvalue weighted by atomic mass is 16.6. The Bertz CT molecular complexity index is 411. The average Bonchev–Trinajstić information content (AvgIpc) is 2.19. The summed E-state index contributed by atoms with van der Waals surface area (Å²) in [6.45, 7) is 0. The molecule has 0 unspecified atom stereocenters. The number of hydrogen-bond donors (Lipinski definition) is 1.